The van der Waals surface area contributed by atoms with E-state index in [1.165, 1.54) is 29.5 Å². The zero-order valence-electron chi connectivity index (χ0n) is 6.51. The molecule has 13 heavy (non-hydrogen) atoms. The molecule has 66 valence electrons. The van der Waals surface area contributed by atoms with Crippen LogP contribution in [0.5, 0.6) is 0 Å². The highest BCUT2D eigenvalue weighted by molar-refractivity contribution is 5.96. The maximum atomic E-state index is 11.1. The highest BCUT2D eigenvalue weighted by atomic mass is 16.2. The standard InChI is InChI=1S/C6H6N6O/c7-3-10-5(8)11-6(13)12-2-1-9-4-12/h1-2,4H,(H3,8,10,11,13). The number of nitrogens with two attached hydrogens (primary N) is 1. The third kappa shape index (κ3) is 2.30. The molecule has 0 atom stereocenters. The molecule has 0 aromatic carbocycles. The molecule has 3 N–H and O–H groups in total. The largest absolute Gasteiger partial charge is 0.369 e. The maximum Gasteiger partial charge on any atom is 0.333 e. The molecule has 1 heterocycles. The molecule has 1 rings (SSSR count). The van der Waals surface area contributed by atoms with Crippen molar-refractivity contribution in [1.29, 1.82) is 5.26 Å². The van der Waals surface area contributed by atoms with Gasteiger partial charge in [0.25, 0.3) is 0 Å². The van der Waals surface area contributed by atoms with Gasteiger partial charge in [-0.1, -0.05) is 0 Å². The van der Waals surface area contributed by atoms with Crippen molar-refractivity contribution in [2.75, 3.05) is 0 Å². The molecule has 1 aromatic heterocycles. The van der Waals surface area contributed by atoms with Crippen LogP contribution in [0.15, 0.2) is 23.7 Å². The minimum absolute atomic E-state index is 0.249. The lowest BCUT2D eigenvalue weighted by Gasteiger charge is -2.01. The number of hydrogen-bond acceptors (Lipinski definition) is 4. The molecule has 0 radical (unpaired) electrons. The van der Waals surface area contributed by atoms with Crippen LogP contribution in [-0.2, 0) is 0 Å². The summed E-state index contributed by atoms with van der Waals surface area (Å²) in [6.45, 7) is 0. The van der Waals surface area contributed by atoms with Gasteiger partial charge in [-0.25, -0.2) is 9.78 Å². The summed E-state index contributed by atoms with van der Waals surface area (Å²) in [5.41, 5.74) is 5.15. The third-order valence-electron chi connectivity index (χ3n) is 1.14. The smallest absolute Gasteiger partial charge is 0.333 e. The van der Waals surface area contributed by atoms with Crippen molar-refractivity contribution in [3.05, 3.63) is 18.7 Å². The van der Waals surface area contributed by atoms with Crippen molar-refractivity contribution >= 4 is 12.0 Å². The van der Waals surface area contributed by atoms with Crippen molar-refractivity contribution in [2.24, 2.45) is 10.7 Å². The first-order valence-electron chi connectivity index (χ1n) is 3.25. The number of carbonyl (C=O) groups excluding carboxylic acids is 1. The first-order chi connectivity index (χ1) is 6.24. The van der Waals surface area contributed by atoms with E-state index < -0.39 is 6.03 Å². The van der Waals surface area contributed by atoms with E-state index in [-0.39, 0.29) is 5.96 Å². The number of rotatable bonds is 0. The summed E-state index contributed by atoms with van der Waals surface area (Å²) in [6, 6.07) is -0.519. The zero-order valence-corrected chi connectivity index (χ0v) is 6.51. The predicted molar refractivity (Wildman–Crippen MR) is 43.4 cm³/mol. The van der Waals surface area contributed by atoms with Gasteiger partial charge in [0.05, 0.1) is 0 Å². The van der Waals surface area contributed by atoms with Gasteiger partial charge in [-0.15, -0.1) is 4.99 Å². The van der Waals surface area contributed by atoms with Crippen LogP contribution >= 0.6 is 0 Å². The third-order valence-corrected chi connectivity index (χ3v) is 1.14. The molecular weight excluding hydrogens is 172 g/mol. The molecule has 0 saturated heterocycles. The number of aliphatic imine (C=N–C) groups is 1. The summed E-state index contributed by atoms with van der Waals surface area (Å²) < 4.78 is 1.17. The van der Waals surface area contributed by atoms with Crippen molar-refractivity contribution in [2.45, 2.75) is 0 Å². The molecule has 7 nitrogen and oxygen atoms in total. The van der Waals surface area contributed by atoms with Crippen molar-refractivity contribution in [3.63, 3.8) is 0 Å². The van der Waals surface area contributed by atoms with Gasteiger partial charge in [-0.3, -0.25) is 9.88 Å². The van der Waals surface area contributed by atoms with E-state index in [9.17, 15) is 4.79 Å². The molecule has 0 spiro atoms. The van der Waals surface area contributed by atoms with Gasteiger partial charge in [0.2, 0.25) is 12.2 Å². The average molecular weight is 178 g/mol. The Kier molecular flexibility index (Phi) is 2.60. The molecule has 0 unspecified atom stereocenters. The van der Waals surface area contributed by atoms with Gasteiger partial charge in [-0.2, -0.15) is 5.26 Å². The van der Waals surface area contributed by atoms with Crippen LogP contribution < -0.4 is 11.1 Å². The molecule has 0 fully saturated rings. The number of imidazole rings is 1. The molecule has 7 heteroatoms. The lowest BCUT2D eigenvalue weighted by molar-refractivity contribution is 0.246. The quantitative estimate of drug-likeness (QED) is 0.309. The normalized spacial score (nSPS) is 10.5. The van der Waals surface area contributed by atoms with Crippen molar-refractivity contribution in [3.8, 4) is 6.19 Å². The Balaban J connectivity index is 2.63. The number of guanidine groups is 1. The van der Waals surface area contributed by atoms with Gasteiger partial charge in [0.15, 0.2) is 0 Å². The number of carbonyl (C=O) groups is 1. The Morgan fingerprint density at radius 3 is 3.08 bits per heavy atom. The summed E-state index contributed by atoms with van der Waals surface area (Å²) in [7, 11) is 0. The Hall–Kier alpha value is -2.36. The van der Waals surface area contributed by atoms with Crippen LogP contribution in [-0.4, -0.2) is 21.5 Å². The molecule has 0 aliphatic heterocycles. The summed E-state index contributed by atoms with van der Waals surface area (Å²) >= 11 is 0. The lowest BCUT2D eigenvalue weighted by atomic mass is 10.8. The van der Waals surface area contributed by atoms with Crippen LogP contribution in [0.25, 0.3) is 0 Å². The van der Waals surface area contributed by atoms with Crippen LogP contribution in [0.3, 0.4) is 0 Å². The number of aromatic nitrogens is 2. The fourth-order valence-corrected chi connectivity index (χ4v) is 0.635. The monoisotopic (exact) mass is 178 g/mol. The Morgan fingerprint density at radius 1 is 1.77 bits per heavy atom. The minimum atomic E-state index is -0.519. The number of nitriles is 1. The Morgan fingerprint density at radius 2 is 2.54 bits per heavy atom. The van der Waals surface area contributed by atoms with Crippen LogP contribution in [0.2, 0.25) is 0 Å². The second-order valence-corrected chi connectivity index (χ2v) is 2.00. The number of amides is 1. The van der Waals surface area contributed by atoms with E-state index in [0.29, 0.717) is 0 Å². The van der Waals surface area contributed by atoms with Gasteiger partial charge < -0.3 is 5.73 Å². The number of nitrogens with zero attached hydrogens (tertiary/aromatic N) is 4. The Bertz CT molecular complexity index is 359. The fourth-order valence-electron chi connectivity index (χ4n) is 0.635. The van der Waals surface area contributed by atoms with Crippen LogP contribution in [0, 0.1) is 11.5 Å². The van der Waals surface area contributed by atoms with E-state index in [4.69, 9.17) is 11.0 Å². The second-order valence-electron chi connectivity index (χ2n) is 2.00. The zero-order chi connectivity index (χ0) is 9.68. The number of nitrogens with one attached hydrogen (secondary N) is 1. The summed E-state index contributed by atoms with van der Waals surface area (Å²) in [5.74, 6) is -0.249. The topological polar surface area (TPSA) is 109 Å². The van der Waals surface area contributed by atoms with Gasteiger partial charge in [-0.05, 0) is 0 Å². The fraction of sp³-hybridized carbons (Fsp3) is 0. The summed E-state index contributed by atoms with van der Waals surface area (Å²) in [5, 5.41) is 10.3. The average Bonchev–Trinajstić information content (AvgIpc) is 2.55. The van der Waals surface area contributed by atoms with E-state index in [2.05, 4.69) is 15.3 Å². The molecule has 1 aromatic rings. The predicted octanol–water partition coefficient (Wildman–Crippen LogP) is -0.763. The summed E-state index contributed by atoms with van der Waals surface area (Å²) in [6.07, 6.45) is 5.62. The maximum absolute atomic E-state index is 11.1. The van der Waals surface area contributed by atoms with Crippen LogP contribution in [0.1, 0.15) is 0 Å². The summed E-state index contributed by atoms with van der Waals surface area (Å²) in [4.78, 5) is 17.9. The van der Waals surface area contributed by atoms with Gasteiger partial charge in [0.1, 0.15) is 6.33 Å². The molecule has 0 saturated carbocycles. The molecule has 0 aliphatic carbocycles. The minimum Gasteiger partial charge on any atom is -0.369 e. The van der Waals surface area contributed by atoms with Gasteiger partial charge >= 0.3 is 6.03 Å². The SMILES string of the molecule is N#CN=C(N)NC(=O)n1ccnc1. The van der Waals surface area contributed by atoms with Crippen LogP contribution in [0.4, 0.5) is 4.79 Å². The van der Waals surface area contributed by atoms with E-state index in [1.54, 1.807) is 0 Å². The van der Waals surface area contributed by atoms with Crippen molar-refractivity contribution in [1.82, 2.24) is 14.9 Å². The van der Waals surface area contributed by atoms with E-state index in [1.807, 2.05) is 0 Å². The molecule has 0 aliphatic rings. The van der Waals surface area contributed by atoms with Crippen molar-refractivity contribution < 1.29 is 4.79 Å². The van der Waals surface area contributed by atoms with E-state index >= 15 is 0 Å². The first-order valence-corrected chi connectivity index (χ1v) is 3.25. The highest BCUT2D eigenvalue weighted by Gasteiger charge is 2.03. The van der Waals surface area contributed by atoms with E-state index in [0.717, 1.165) is 0 Å². The Labute approximate surface area is 73.5 Å². The lowest BCUT2D eigenvalue weighted by Crippen LogP contribution is -2.38. The molecule has 0 bridgehead atoms. The molecular formula is C6H6N6O. The van der Waals surface area contributed by atoms with Gasteiger partial charge in [0, 0.05) is 12.4 Å². The number of hydrogen-bond donors (Lipinski definition) is 2. The highest BCUT2D eigenvalue weighted by Crippen LogP contribution is 1.83. The second kappa shape index (κ2) is 3.87. The first kappa shape index (κ1) is 8.73. The molecule has 1 amide bonds.